The number of hydrogen-bond acceptors (Lipinski definition) is 0. The largest absolute Gasteiger partial charge is 0.0738 e. The summed E-state index contributed by atoms with van der Waals surface area (Å²) in [6.07, 6.45) is 9.74. The molecule has 7 heavy (non-hydrogen) atoms. The van der Waals surface area contributed by atoms with Crippen molar-refractivity contribution in [3.63, 3.8) is 0 Å². The molecule has 0 saturated carbocycles. The van der Waals surface area contributed by atoms with Crippen molar-refractivity contribution >= 4 is 0 Å². The van der Waals surface area contributed by atoms with Gasteiger partial charge < -0.3 is 0 Å². The van der Waals surface area contributed by atoms with Gasteiger partial charge in [0.2, 0.25) is 0 Å². The van der Waals surface area contributed by atoms with Gasteiger partial charge in [-0.2, -0.15) is 0 Å². The Hall–Kier alpha value is -0.780. The molecule has 1 radical (unpaired) electrons. The predicted molar refractivity (Wildman–Crippen MR) is 30.6 cm³/mol. The zero-order valence-electron chi connectivity index (χ0n) is 4.04. The van der Waals surface area contributed by atoms with E-state index in [4.69, 9.17) is 6.58 Å². The Labute approximate surface area is 43.9 Å². The van der Waals surface area contributed by atoms with E-state index in [1.54, 1.807) is 6.08 Å². The molecule has 0 unspecified atom stereocenters. The fourth-order valence-corrected chi connectivity index (χ4v) is 0.577. The van der Waals surface area contributed by atoms with E-state index in [0.29, 0.717) is 5.92 Å². The Balaban J connectivity index is 2.59. The summed E-state index contributed by atoms with van der Waals surface area (Å²) in [5, 5.41) is 0. The minimum atomic E-state index is 0.389. The molecular formula is C7H7. The summed E-state index contributed by atoms with van der Waals surface area (Å²) < 4.78 is 0. The van der Waals surface area contributed by atoms with E-state index in [1.165, 1.54) is 0 Å². The van der Waals surface area contributed by atoms with Gasteiger partial charge >= 0.3 is 0 Å². The van der Waals surface area contributed by atoms with Crippen molar-refractivity contribution in [1.82, 2.24) is 0 Å². The van der Waals surface area contributed by atoms with Crippen LogP contribution >= 0.6 is 0 Å². The van der Waals surface area contributed by atoms with Crippen LogP contribution in [0.1, 0.15) is 0 Å². The molecule has 0 aliphatic heterocycles. The fraction of sp³-hybridized carbons (Fsp3) is 0.143. The smallest absolute Gasteiger partial charge is 0.0136 e. The lowest BCUT2D eigenvalue weighted by molar-refractivity contribution is 1.10. The first-order valence-corrected chi connectivity index (χ1v) is 2.33. The molecule has 0 aromatic rings. The quantitative estimate of drug-likeness (QED) is 0.461. The molecule has 0 amide bonds. The zero-order chi connectivity index (χ0) is 5.11. The monoisotopic (exact) mass is 91.1 g/mol. The predicted octanol–water partition coefficient (Wildman–Crippen LogP) is 1.72. The van der Waals surface area contributed by atoms with Crippen molar-refractivity contribution in [1.29, 1.82) is 0 Å². The second kappa shape index (κ2) is 1.78. The van der Waals surface area contributed by atoms with Crippen molar-refractivity contribution in [2.75, 3.05) is 0 Å². The molecule has 0 N–H and O–H groups in total. The maximum absolute atomic E-state index is 5.21. The highest BCUT2D eigenvalue weighted by molar-refractivity contribution is 5.21. The summed E-state index contributed by atoms with van der Waals surface area (Å²) in [6, 6.07) is 0. The van der Waals surface area contributed by atoms with Gasteiger partial charge in [0.15, 0.2) is 0 Å². The Morgan fingerprint density at radius 1 is 1.29 bits per heavy atom. The van der Waals surface area contributed by atoms with E-state index in [9.17, 15) is 0 Å². The summed E-state index contributed by atoms with van der Waals surface area (Å²) in [4.78, 5) is 0. The zero-order valence-corrected chi connectivity index (χ0v) is 4.04. The van der Waals surface area contributed by atoms with Crippen LogP contribution in [0.4, 0.5) is 0 Å². The topological polar surface area (TPSA) is 0 Å². The van der Waals surface area contributed by atoms with Gasteiger partial charge in [0.05, 0.1) is 0 Å². The van der Waals surface area contributed by atoms with Crippen molar-refractivity contribution in [2.24, 2.45) is 5.92 Å². The molecule has 0 fully saturated rings. The Bertz CT molecular complexity index is 106. The van der Waals surface area contributed by atoms with Gasteiger partial charge in [-0.3, -0.25) is 0 Å². The molecule has 0 heteroatoms. The lowest BCUT2D eigenvalue weighted by Gasteiger charge is -1.87. The molecule has 0 aromatic carbocycles. The highest BCUT2D eigenvalue weighted by atomic mass is 14.0. The third-order valence-electron chi connectivity index (χ3n) is 1.00. The van der Waals surface area contributed by atoms with E-state index in [0.717, 1.165) is 0 Å². The first-order chi connectivity index (χ1) is 3.43. The summed E-state index contributed by atoms with van der Waals surface area (Å²) in [7, 11) is 0. The number of hydrogen-bond donors (Lipinski definition) is 0. The average molecular weight is 91.1 g/mol. The van der Waals surface area contributed by atoms with Crippen molar-refractivity contribution in [3.8, 4) is 0 Å². The Morgan fingerprint density at radius 2 is 1.86 bits per heavy atom. The van der Waals surface area contributed by atoms with Crippen LogP contribution in [-0.4, -0.2) is 0 Å². The van der Waals surface area contributed by atoms with E-state index in [-0.39, 0.29) is 0 Å². The molecule has 0 spiro atoms. The molecule has 1 aliphatic rings. The molecule has 1 aliphatic carbocycles. The van der Waals surface area contributed by atoms with Crippen LogP contribution in [0.5, 0.6) is 0 Å². The van der Waals surface area contributed by atoms with Gasteiger partial charge in [-0.05, 0) is 0 Å². The van der Waals surface area contributed by atoms with Crippen LogP contribution in [0.2, 0.25) is 0 Å². The molecule has 0 atom stereocenters. The lowest BCUT2D eigenvalue weighted by atomic mass is 10.2. The number of allylic oxidation sites excluding steroid dienone is 5. The van der Waals surface area contributed by atoms with Gasteiger partial charge in [-0.15, -0.1) is 0 Å². The van der Waals surface area contributed by atoms with E-state index >= 15 is 0 Å². The van der Waals surface area contributed by atoms with Crippen molar-refractivity contribution in [3.05, 3.63) is 37.0 Å². The van der Waals surface area contributed by atoms with Crippen molar-refractivity contribution in [2.45, 2.75) is 0 Å². The normalized spacial score (nSPS) is 18.3. The molecule has 0 heterocycles. The molecule has 0 aromatic heterocycles. The van der Waals surface area contributed by atoms with Crippen LogP contribution in [0.3, 0.4) is 0 Å². The van der Waals surface area contributed by atoms with E-state index in [2.05, 4.69) is 0 Å². The Kier molecular flexibility index (Phi) is 1.12. The van der Waals surface area contributed by atoms with Crippen molar-refractivity contribution < 1.29 is 0 Å². The van der Waals surface area contributed by atoms with Gasteiger partial charge in [0.25, 0.3) is 0 Å². The first-order valence-electron chi connectivity index (χ1n) is 2.33. The Morgan fingerprint density at radius 3 is 2.14 bits per heavy atom. The minimum absolute atomic E-state index is 0.389. The second-order valence-electron chi connectivity index (χ2n) is 1.54. The molecule has 1 rings (SSSR count). The molecule has 0 nitrogen and oxygen atoms in total. The van der Waals surface area contributed by atoms with Gasteiger partial charge in [0, 0.05) is 5.92 Å². The SMILES string of the molecule is [CH]=CC1C=CC=C1. The van der Waals surface area contributed by atoms with Crippen LogP contribution in [-0.2, 0) is 0 Å². The summed E-state index contributed by atoms with van der Waals surface area (Å²) in [5.41, 5.74) is 0. The molecule has 35 valence electrons. The van der Waals surface area contributed by atoms with Gasteiger partial charge in [0.1, 0.15) is 0 Å². The maximum atomic E-state index is 5.21. The lowest BCUT2D eigenvalue weighted by Crippen LogP contribution is -1.76. The van der Waals surface area contributed by atoms with Crippen LogP contribution < -0.4 is 0 Å². The van der Waals surface area contributed by atoms with Crippen LogP contribution in [0.25, 0.3) is 0 Å². The fourth-order valence-electron chi connectivity index (χ4n) is 0.577. The minimum Gasteiger partial charge on any atom is -0.0738 e. The highest BCUT2D eigenvalue weighted by Gasteiger charge is 1.93. The second-order valence-corrected chi connectivity index (χ2v) is 1.54. The third-order valence-corrected chi connectivity index (χ3v) is 1.00. The van der Waals surface area contributed by atoms with Crippen LogP contribution in [0, 0.1) is 12.5 Å². The summed E-state index contributed by atoms with van der Waals surface area (Å²) in [6.45, 7) is 5.21. The average Bonchev–Trinajstić information content (AvgIpc) is 2.14. The number of rotatable bonds is 1. The van der Waals surface area contributed by atoms with Crippen LogP contribution in [0.15, 0.2) is 30.4 Å². The van der Waals surface area contributed by atoms with E-state index in [1.807, 2.05) is 24.3 Å². The maximum Gasteiger partial charge on any atom is 0.0136 e. The standard InChI is InChI=1S/C7H7/c1-2-7-5-3-4-6-7/h1-7H. The van der Waals surface area contributed by atoms with Gasteiger partial charge in [-0.25, -0.2) is 0 Å². The highest BCUT2D eigenvalue weighted by Crippen LogP contribution is 2.07. The molecular weight excluding hydrogens is 84.1 g/mol. The molecule has 0 bridgehead atoms. The van der Waals surface area contributed by atoms with E-state index < -0.39 is 0 Å². The van der Waals surface area contributed by atoms with Gasteiger partial charge in [-0.1, -0.05) is 37.0 Å². The first kappa shape index (κ1) is 4.38. The third kappa shape index (κ3) is 0.801. The summed E-state index contributed by atoms with van der Waals surface area (Å²) >= 11 is 0. The summed E-state index contributed by atoms with van der Waals surface area (Å²) in [5.74, 6) is 0.389. The molecule has 0 saturated heterocycles.